The van der Waals surface area contributed by atoms with Gasteiger partial charge in [0.25, 0.3) is 0 Å². The molecule has 26 heavy (non-hydrogen) atoms. The molecule has 0 radical (unpaired) electrons. The molecular weight excluding hydrogens is 330 g/mol. The maximum atomic E-state index is 5.93. The van der Waals surface area contributed by atoms with Crippen molar-refractivity contribution in [3.63, 3.8) is 0 Å². The topological polar surface area (TPSA) is 84.6 Å². The third-order valence-electron chi connectivity index (χ3n) is 4.29. The van der Waals surface area contributed by atoms with Crippen LogP contribution in [-0.2, 0) is 12.8 Å². The van der Waals surface area contributed by atoms with Crippen molar-refractivity contribution in [2.24, 2.45) is 4.99 Å². The van der Waals surface area contributed by atoms with Gasteiger partial charge in [-0.05, 0) is 18.1 Å². The van der Waals surface area contributed by atoms with Gasteiger partial charge < -0.3 is 19.9 Å². The molecule has 1 aliphatic heterocycles. The molecule has 2 N–H and O–H groups in total. The highest BCUT2D eigenvalue weighted by Crippen LogP contribution is 2.27. The van der Waals surface area contributed by atoms with E-state index < -0.39 is 0 Å². The molecule has 1 aromatic heterocycles. The van der Waals surface area contributed by atoms with Crippen molar-refractivity contribution in [2.75, 3.05) is 20.1 Å². The van der Waals surface area contributed by atoms with Crippen LogP contribution in [-0.4, -0.2) is 42.3 Å². The van der Waals surface area contributed by atoms with Crippen LogP contribution in [0.15, 0.2) is 33.8 Å². The summed E-state index contributed by atoms with van der Waals surface area (Å²) in [7, 11) is 1.77. The third-order valence-corrected chi connectivity index (χ3v) is 4.29. The normalized spacial score (nSPS) is 16.5. The second-order valence-electron chi connectivity index (χ2n) is 6.74. The van der Waals surface area contributed by atoms with Crippen LogP contribution in [0, 0.1) is 0 Å². The number of hydrogen-bond acceptors (Lipinski definition) is 5. The summed E-state index contributed by atoms with van der Waals surface area (Å²) in [6.45, 7) is 5.61. The van der Waals surface area contributed by atoms with Crippen molar-refractivity contribution >= 4 is 5.96 Å². The number of fused-ring (bicyclic) bond motifs is 1. The number of para-hydroxylation sites is 1. The zero-order chi connectivity index (χ0) is 18.4. The summed E-state index contributed by atoms with van der Waals surface area (Å²) in [5.74, 6) is 3.51. The number of rotatable bonds is 7. The Morgan fingerprint density at radius 1 is 1.31 bits per heavy atom. The standard InChI is InChI=1S/C19H27N5O2/c1-13(2)18-23-17(26-24-18)9-6-10-21-19(20-3)22-12-15-11-14-7-4-5-8-16(14)25-15/h4-5,7-8,13,15H,6,9-12H2,1-3H3,(H2,20,21,22). The number of aryl methyl sites for hydroxylation is 1. The molecule has 7 nitrogen and oxygen atoms in total. The summed E-state index contributed by atoms with van der Waals surface area (Å²) in [5.41, 5.74) is 1.27. The number of aromatic nitrogens is 2. The molecule has 2 aromatic rings. The lowest BCUT2D eigenvalue weighted by atomic mass is 10.1. The van der Waals surface area contributed by atoms with Crippen LogP contribution in [0.4, 0.5) is 0 Å². The smallest absolute Gasteiger partial charge is 0.226 e. The first-order valence-electron chi connectivity index (χ1n) is 9.17. The van der Waals surface area contributed by atoms with Crippen LogP contribution < -0.4 is 15.4 Å². The number of benzene rings is 1. The predicted octanol–water partition coefficient (Wildman–Crippen LogP) is 2.29. The fourth-order valence-electron chi connectivity index (χ4n) is 2.85. The van der Waals surface area contributed by atoms with Crippen molar-refractivity contribution in [3.05, 3.63) is 41.5 Å². The largest absolute Gasteiger partial charge is 0.488 e. The first-order valence-corrected chi connectivity index (χ1v) is 9.17. The Hall–Kier alpha value is -2.57. The zero-order valence-electron chi connectivity index (χ0n) is 15.7. The van der Waals surface area contributed by atoms with Crippen LogP contribution in [0.3, 0.4) is 0 Å². The number of nitrogens with one attached hydrogen (secondary N) is 2. The highest BCUT2D eigenvalue weighted by molar-refractivity contribution is 5.79. The van der Waals surface area contributed by atoms with Crippen LogP contribution in [0.2, 0.25) is 0 Å². The highest BCUT2D eigenvalue weighted by atomic mass is 16.5. The number of aliphatic imine (C=N–C) groups is 1. The second kappa shape index (κ2) is 8.69. The van der Waals surface area contributed by atoms with Crippen molar-refractivity contribution in [3.8, 4) is 5.75 Å². The fourth-order valence-corrected chi connectivity index (χ4v) is 2.85. The average Bonchev–Trinajstić information content (AvgIpc) is 3.27. The monoisotopic (exact) mass is 357 g/mol. The van der Waals surface area contributed by atoms with Gasteiger partial charge in [-0.2, -0.15) is 4.98 Å². The fraction of sp³-hybridized carbons (Fsp3) is 0.526. The lowest BCUT2D eigenvalue weighted by Crippen LogP contribution is -2.42. The van der Waals surface area contributed by atoms with E-state index in [0.29, 0.717) is 5.89 Å². The first-order chi connectivity index (χ1) is 12.7. The maximum Gasteiger partial charge on any atom is 0.226 e. The highest BCUT2D eigenvalue weighted by Gasteiger charge is 2.22. The quantitative estimate of drug-likeness (QED) is 0.449. The molecule has 1 atom stereocenters. The van der Waals surface area contributed by atoms with E-state index in [2.05, 4.69) is 45.7 Å². The number of ether oxygens (including phenoxy) is 1. The van der Waals surface area contributed by atoms with Crippen molar-refractivity contribution in [1.82, 2.24) is 20.8 Å². The molecule has 140 valence electrons. The third kappa shape index (κ3) is 4.74. The summed E-state index contributed by atoms with van der Waals surface area (Å²) in [4.78, 5) is 8.64. The Balaban J connectivity index is 1.35. The minimum Gasteiger partial charge on any atom is -0.488 e. The van der Waals surface area contributed by atoms with E-state index >= 15 is 0 Å². The van der Waals surface area contributed by atoms with Gasteiger partial charge in [-0.3, -0.25) is 4.99 Å². The molecule has 7 heteroatoms. The first kappa shape index (κ1) is 18.2. The van der Waals surface area contributed by atoms with Gasteiger partial charge in [0.1, 0.15) is 11.9 Å². The zero-order valence-corrected chi connectivity index (χ0v) is 15.7. The van der Waals surface area contributed by atoms with E-state index in [1.54, 1.807) is 7.05 Å². The lowest BCUT2D eigenvalue weighted by Gasteiger charge is -2.15. The summed E-state index contributed by atoms with van der Waals surface area (Å²) in [6.07, 6.45) is 2.71. The summed E-state index contributed by atoms with van der Waals surface area (Å²) >= 11 is 0. The van der Waals surface area contributed by atoms with Crippen molar-refractivity contribution < 1.29 is 9.26 Å². The van der Waals surface area contributed by atoms with Crippen LogP contribution >= 0.6 is 0 Å². The van der Waals surface area contributed by atoms with E-state index in [1.807, 2.05) is 18.2 Å². The van der Waals surface area contributed by atoms with Gasteiger partial charge in [0.15, 0.2) is 11.8 Å². The van der Waals surface area contributed by atoms with Crippen LogP contribution in [0.1, 0.15) is 43.5 Å². The molecule has 1 aromatic carbocycles. The molecule has 2 heterocycles. The molecule has 1 aliphatic rings. The Morgan fingerprint density at radius 3 is 2.88 bits per heavy atom. The molecule has 0 bridgehead atoms. The van der Waals surface area contributed by atoms with Gasteiger partial charge in [0.05, 0.1) is 6.54 Å². The molecule has 0 spiro atoms. The number of guanidine groups is 1. The molecule has 0 aliphatic carbocycles. The lowest BCUT2D eigenvalue weighted by molar-refractivity contribution is 0.235. The van der Waals surface area contributed by atoms with E-state index in [9.17, 15) is 0 Å². The number of nitrogens with zero attached hydrogens (tertiary/aromatic N) is 3. The van der Waals surface area contributed by atoms with Gasteiger partial charge >= 0.3 is 0 Å². The summed E-state index contributed by atoms with van der Waals surface area (Å²) in [5, 5.41) is 10.6. The molecule has 1 unspecified atom stereocenters. The summed E-state index contributed by atoms with van der Waals surface area (Å²) < 4.78 is 11.2. The SMILES string of the molecule is CN=C(NCCCc1nc(C(C)C)no1)NCC1Cc2ccccc2O1. The van der Waals surface area contributed by atoms with Gasteiger partial charge in [0.2, 0.25) is 5.89 Å². The molecule has 3 rings (SSSR count). The van der Waals surface area contributed by atoms with Gasteiger partial charge in [0, 0.05) is 32.4 Å². The van der Waals surface area contributed by atoms with Gasteiger partial charge in [-0.25, -0.2) is 0 Å². The Labute approximate surface area is 154 Å². The average molecular weight is 357 g/mol. The number of hydrogen-bond donors (Lipinski definition) is 2. The minimum atomic E-state index is 0.138. The van der Waals surface area contributed by atoms with Crippen molar-refractivity contribution in [2.45, 2.75) is 45.1 Å². The van der Waals surface area contributed by atoms with Gasteiger partial charge in [-0.1, -0.05) is 37.2 Å². The van der Waals surface area contributed by atoms with E-state index in [1.165, 1.54) is 5.56 Å². The minimum absolute atomic E-state index is 0.138. The Kier molecular flexibility index (Phi) is 6.09. The molecule has 0 fully saturated rings. The second-order valence-corrected chi connectivity index (χ2v) is 6.74. The molecule has 0 saturated heterocycles. The molecule has 0 saturated carbocycles. The Morgan fingerprint density at radius 2 is 2.15 bits per heavy atom. The van der Waals surface area contributed by atoms with Crippen LogP contribution in [0.5, 0.6) is 5.75 Å². The van der Waals surface area contributed by atoms with E-state index in [0.717, 1.165) is 49.9 Å². The predicted molar refractivity (Wildman–Crippen MR) is 101 cm³/mol. The van der Waals surface area contributed by atoms with Gasteiger partial charge in [-0.15, -0.1) is 0 Å². The molecule has 0 amide bonds. The van der Waals surface area contributed by atoms with E-state index in [-0.39, 0.29) is 12.0 Å². The van der Waals surface area contributed by atoms with E-state index in [4.69, 9.17) is 9.26 Å². The van der Waals surface area contributed by atoms with Crippen LogP contribution in [0.25, 0.3) is 0 Å². The Bertz CT molecular complexity index is 716. The molecular formula is C19H27N5O2. The maximum absolute atomic E-state index is 5.93. The summed E-state index contributed by atoms with van der Waals surface area (Å²) in [6, 6.07) is 8.18. The van der Waals surface area contributed by atoms with Crippen molar-refractivity contribution in [1.29, 1.82) is 0 Å².